The molecule has 3 aliphatic rings. The molecule has 0 aliphatic carbocycles. The van der Waals surface area contributed by atoms with Crippen molar-refractivity contribution in [3.05, 3.63) is 60.2 Å². The van der Waals surface area contributed by atoms with E-state index in [1.165, 1.54) is 4.90 Å². The van der Waals surface area contributed by atoms with Crippen LogP contribution in [0.1, 0.15) is 12.5 Å². The number of rotatable bonds is 4. The van der Waals surface area contributed by atoms with Crippen molar-refractivity contribution in [3.63, 3.8) is 0 Å². The maximum Gasteiger partial charge on any atom is 0.328 e. The van der Waals surface area contributed by atoms with Gasteiger partial charge in [0.1, 0.15) is 24.2 Å². The fourth-order valence-electron chi connectivity index (χ4n) is 5.18. The Balaban J connectivity index is 1.48. The van der Waals surface area contributed by atoms with E-state index >= 15 is 0 Å². The molecule has 0 radical (unpaired) electrons. The van der Waals surface area contributed by atoms with Crippen molar-refractivity contribution in [2.75, 3.05) is 32.1 Å². The van der Waals surface area contributed by atoms with Gasteiger partial charge >= 0.3 is 6.03 Å². The number of carbonyl (C=O) groups is 2. The standard InChI is InChI=1S/C24H29N5O3/c1-16-13-27(18-11-7-8-12-19(18)32-3)23-25-21-20(28(23)14-16)22(30)29(24(31)26(21)2)15-17-9-5-4-6-10-17/h4-12,16,20-21,23,25H,13-15H2,1-3H3. The Labute approximate surface area is 188 Å². The van der Waals surface area contributed by atoms with Gasteiger partial charge in [0.25, 0.3) is 5.91 Å². The van der Waals surface area contributed by atoms with E-state index in [1.807, 2.05) is 54.6 Å². The molecule has 3 saturated heterocycles. The zero-order valence-corrected chi connectivity index (χ0v) is 18.6. The third kappa shape index (κ3) is 3.30. The lowest BCUT2D eigenvalue weighted by molar-refractivity contribution is -0.139. The molecule has 8 nitrogen and oxygen atoms in total. The summed E-state index contributed by atoms with van der Waals surface area (Å²) < 4.78 is 5.62. The van der Waals surface area contributed by atoms with Crippen molar-refractivity contribution in [2.24, 2.45) is 5.92 Å². The Bertz CT molecular complexity index is 1020. The highest BCUT2D eigenvalue weighted by Gasteiger charge is 2.56. The van der Waals surface area contributed by atoms with Gasteiger partial charge in [0.05, 0.1) is 19.3 Å². The van der Waals surface area contributed by atoms with Crippen molar-refractivity contribution >= 4 is 17.6 Å². The SMILES string of the molecule is COc1ccccc1N1CC(C)CN2C3C(=O)N(Cc4ccccc4)C(=O)N(C)C3NC12. The van der Waals surface area contributed by atoms with Crippen molar-refractivity contribution in [2.45, 2.75) is 32.0 Å². The van der Waals surface area contributed by atoms with Gasteiger partial charge in [-0.1, -0.05) is 49.4 Å². The number of benzene rings is 2. The van der Waals surface area contributed by atoms with Crippen LogP contribution in [0.3, 0.4) is 0 Å². The number of nitrogens with one attached hydrogen (secondary N) is 1. The van der Waals surface area contributed by atoms with E-state index in [2.05, 4.69) is 22.0 Å². The van der Waals surface area contributed by atoms with Gasteiger partial charge in [-0.05, 0) is 23.6 Å². The number of para-hydroxylation sites is 2. The number of nitrogens with zero attached hydrogens (tertiary/aromatic N) is 4. The molecule has 168 valence electrons. The third-order valence-electron chi connectivity index (χ3n) is 6.66. The predicted molar refractivity (Wildman–Crippen MR) is 121 cm³/mol. The lowest BCUT2D eigenvalue weighted by atomic mass is 10.0. The second kappa shape index (κ2) is 8.11. The minimum absolute atomic E-state index is 0.147. The van der Waals surface area contributed by atoms with Gasteiger partial charge in [0, 0.05) is 20.1 Å². The summed E-state index contributed by atoms with van der Waals surface area (Å²) in [5.74, 6) is 0.987. The average molecular weight is 436 g/mol. The number of urea groups is 1. The van der Waals surface area contributed by atoms with Gasteiger partial charge in [-0.25, -0.2) is 4.79 Å². The van der Waals surface area contributed by atoms with Crippen LogP contribution in [0.5, 0.6) is 5.75 Å². The minimum Gasteiger partial charge on any atom is -0.495 e. The van der Waals surface area contributed by atoms with Crippen molar-refractivity contribution in [1.29, 1.82) is 0 Å². The predicted octanol–water partition coefficient (Wildman–Crippen LogP) is 2.13. The number of methoxy groups -OCH3 is 1. The Hall–Kier alpha value is -3.10. The molecule has 3 amide bonds. The first-order chi connectivity index (χ1) is 15.5. The number of fused-ring (bicyclic) bond motifs is 3. The van der Waals surface area contributed by atoms with E-state index in [1.54, 1.807) is 19.1 Å². The van der Waals surface area contributed by atoms with Crippen molar-refractivity contribution < 1.29 is 14.3 Å². The maximum absolute atomic E-state index is 13.6. The number of imide groups is 1. The molecular formula is C24H29N5O3. The van der Waals surface area contributed by atoms with E-state index in [-0.39, 0.29) is 30.9 Å². The molecule has 2 aromatic rings. The van der Waals surface area contributed by atoms with Crippen LogP contribution >= 0.6 is 0 Å². The first-order valence-corrected chi connectivity index (χ1v) is 11.0. The summed E-state index contributed by atoms with van der Waals surface area (Å²) in [7, 11) is 3.44. The molecule has 32 heavy (non-hydrogen) atoms. The Morgan fingerprint density at radius 3 is 2.50 bits per heavy atom. The van der Waals surface area contributed by atoms with Gasteiger partial charge in [-0.3, -0.25) is 19.9 Å². The number of carbonyl (C=O) groups excluding carboxylic acids is 2. The average Bonchev–Trinajstić information content (AvgIpc) is 3.20. The monoisotopic (exact) mass is 435 g/mol. The molecule has 2 aromatic carbocycles. The number of ether oxygens (including phenoxy) is 1. The van der Waals surface area contributed by atoms with Crippen LogP contribution < -0.4 is 15.0 Å². The molecule has 0 saturated carbocycles. The Morgan fingerprint density at radius 2 is 1.75 bits per heavy atom. The van der Waals surface area contributed by atoms with E-state index in [9.17, 15) is 9.59 Å². The van der Waals surface area contributed by atoms with E-state index in [0.717, 1.165) is 30.1 Å². The normalized spacial score (nSPS) is 28.0. The van der Waals surface area contributed by atoms with E-state index < -0.39 is 6.04 Å². The highest BCUT2D eigenvalue weighted by atomic mass is 16.5. The van der Waals surface area contributed by atoms with E-state index in [0.29, 0.717) is 5.92 Å². The number of likely N-dealkylation sites (N-methyl/N-ethyl adjacent to an activating group) is 1. The van der Waals surface area contributed by atoms with Crippen LogP contribution in [-0.2, 0) is 11.3 Å². The van der Waals surface area contributed by atoms with Gasteiger partial charge in [-0.2, -0.15) is 0 Å². The first-order valence-electron chi connectivity index (χ1n) is 11.0. The highest BCUT2D eigenvalue weighted by molar-refractivity contribution is 6.00. The highest BCUT2D eigenvalue weighted by Crippen LogP contribution is 2.37. The molecule has 0 spiro atoms. The number of anilines is 1. The second-order valence-electron chi connectivity index (χ2n) is 8.86. The molecule has 1 N–H and O–H groups in total. The van der Waals surface area contributed by atoms with Gasteiger partial charge in [0.2, 0.25) is 0 Å². The molecule has 5 rings (SSSR count). The molecule has 4 atom stereocenters. The van der Waals surface area contributed by atoms with Crippen LogP contribution in [0.25, 0.3) is 0 Å². The smallest absolute Gasteiger partial charge is 0.328 e. The van der Waals surface area contributed by atoms with Crippen molar-refractivity contribution in [1.82, 2.24) is 20.0 Å². The lowest BCUT2D eigenvalue weighted by Gasteiger charge is -2.46. The number of hydrogen-bond acceptors (Lipinski definition) is 6. The van der Waals surface area contributed by atoms with Gasteiger partial charge < -0.3 is 14.5 Å². The summed E-state index contributed by atoms with van der Waals surface area (Å²) in [5, 5.41) is 3.56. The van der Waals surface area contributed by atoms with Crippen LogP contribution in [-0.4, -0.2) is 72.4 Å². The summed E-state index contributed by atoms with van der Waals surface area (Å²) in [5.41, 5.74) is 1.91. The van der Waals surface area contributed by atoms with E-state index in [4.69, 9.17) is 4.74 Å². The molecule has 3 aliphatic heterocycles. The van der Waals surface area contributed by atoms with Crippen LogP contribution in [0.15, 0.2) is 54.6 Å². The molecule has 0 aromatic heterocycles. The Morgan fingerprint density at radius 1 is 1.03 bits per heavy atom. The first kappa shape index (κ1) is 20.8. The lowest BCUT2D eigenvalue weighted by Crippen LogP contribution is -2.66. The molecule has 3 fully saturated rings. The van der Waals surface area contributed by atoms with Crippen LogP contribution in [0, 0.1) is 5.92 Å². The molecule has 4 unspecified atom stereocenters. The van der Waals surface area contributed by atoms with Crippen molar-refractivity contribution in [3.8, 4) is 5.75 Å². The topological polar surface area (TPSA) is 68.4 Å². The quantitative estimate of drug-likeness (QED) is 0.794. The fraction of sp³-hybridized carbons (Fsp3) is 0.417. The Kier molecular flexibility index (Phi) is 5.27. The second-order valence-corrected chi connectivity index (χ2v) is 8.86. The summed E-state index contributed by atoms with van der Waals surface area (Å²) in [4.78, 5) is 34.3. The number of hydrogen-bond donors (Lipinski definition) is 1. The van der Waals surface area contributed by atoms with Gasteiger partial charge in [0.15, 0.2) is 0 Å². The summed E-state index contributed by atoms with van der Waals surface area (Å²) in [6, 6.07) is 16.9. The third-order valence-corrected chi connectivity index (χ3v) is 6.66. The summed E-state index contributed by atoms with van der Waals surface area (Å²) in [6.45, 7) is 4.07. The summed E-state index contributed by atoms with van der Waals surface area (Å²) in [6.07, 6.45) is -0.581. The number of amides is 3. The molecular weight excluding hydrogens is 406 g/mol. The fourth-order valence-corrected chi connectivity index (χ4v) is 5.18. The zero-order chi connectivity index (χ0) is 22.4. The molecule has 3 heterocycles. The van der Waals surface area contributed by atoms with Crippen LogP contribution in [0.4, 0.5) is 10.5 Å². The zero-order valence-electron chi connectivity index (χ0n) is 18.6. The maximum atomic E-state index is 13.6. The molecule has 8 heteroatoms. The largest absolute Gasteiger partial charge is 0.495 e. The minimum atomic E-state index is -0.439. The van der Waals surface area contributed by atoms with Gasteiger partial charge in [-0.15, -0.1) is 0 Å². The summed E-state index contributed by atoms with van der Waals surface area (Å²) >= 11 is 0. The molecule has 0 bridgehead atoms. The van der Waals surface area contributed by atoms with Crippen LogP contribution in [0.2, 0.25) is 0 Å².